The molecule has 0 saturated carbocycles. The van der Waals surface area contributed by atoms with Gasteiger partial charge in [0.2, 0.25) is 0 Å². The van der Waals surface area contributed by atoms with Crippen LogP contribution in [0.3, 0.4) is 0 Å². The number of nitrogens with zero attached hydrogens (tertiary/aromatic N) is 1. The Bertz CT molecular complexity index is 1620. The third-order valence-corrected chi connectivity index (χ3v) is 7.89. The van der Waals surface area contributed by atoms with Crippen LogP contribution in [0.4, 0.5) is 31.1 Å². The lowest BCUT2D eigenvalue weighted by atomic mass is 9.92. The molecule has 0 radical (unpaired) electrons. The normalized spacial score (nSPS) is 17.2. The van der Waals surface area contributed by atoms with Crippen LogP contribution in [0, 0.1) is 0 Å². The maximum Gasteiger partial charge on any atom is 0.416 e. The van der Waals surface area contributed by atoms with Gasteiger partial charge in [-0.05, 0) is 52.9 Å². The van der Waals surface area contributed by atoms with Crippen LogP contribution in [0.1, 0.15) is 45.5 Å². The maximum absolute atomic E-state index is 13.5. The van der Waals surface area contributed by atoms with E-state index in [0.29, 0.717) is 25.1 Å². The largest absolute Gasteiger partial charge is 0.446 e. The zero-order valence-electron chi connectivity index (χ0n) is 24.0. The number of ether oxygens (including phenoxy) is 1. The minimum absolute atomic E-state index is 0.00279. The first-order chi connectivity index (χ1) is 21.4. The third kappa shape index (κ3) is 7.95. The number of alkyl carbamates (subject to hydrolysis) is 1. The summed E-state index contributed by atoms with van der Waals surface area (Å²) in [7, 11) is 0. The number of benzene rings is 4. The number of hydrogen-bond acceptors (Lipinski definition) is 3. The molecule has 4 aromatic rings. The second-order valence-electron chi connectivity index (χ2n) is 11.0. The van der Waals surface area contributed by atoms with Gasteiger partial charge in [-0.2, -0.15) is 26.3 Å². The van der Waals surface area contributed by atoms with Crippen molar-refractivity contribution in [3.63, 3.8) is 0 Å². The fraction of sp³-hybridized carbons (Fsp3) is 0.294. The number of piperidine rings is 1. The van der Waals surface area contributed by atoms with E-state index >= 15 is 0 Å². The van der Waals surface area contributed by atoms with Crippen molar-refractivity contribution < 1.29 is 40.7 Å². The predicted molar refractivity (Wildman–Crippen MR) is 157 cm³/mol. The molecule has 0 bridgehead atoms. The molecule has 236 valence electrons. The molecule has 0 unspecified atom stereocenters. The summed E-state index contributed by atoms with van der Waals surface area (Å²) in [5.74, 6) is -0.953. The quantitative estimate of drug-likeness (QED) is 0.211. The van der Waals surface area contributed by atoms with Gasteiger partial charge in [0, 0.05) is 37.5 Å². The zero-order chi connectivity index (χ0) is 32.2. The first-order valence-electron chi connectivity index (χ1n) is 14.4. The lowest BCUT2D eigenvalue weighted by molar-refractivity contribution is -0.143. The Morgan fingerprint density at radius 1 is 0.822 bits per heavy atom. The van der Waals surface area contributed by atoms with E-state index in [9.17, 15) is 35.9 Å². The lowest BCUT2D eigenvalue weighted by Gasteiger charge is -2.39. The maximum atomic E-state index is 13.5. The summed E-state index contributed by atoms with van der Waals surface area (Å²) in [5.41, 5.74) is -1.95. The van der Waals surface area contributed by atoms with Gasteiger partial charge in [-0.3, -0.25) is 4.79 Å². The molecule has 1 aliphatic rings. The molecule has 1 fully saturated rings. The Hall–Kier alpha value is -4.54. The van der Waals surface area contributed by atoms with Crippen LogP contribution in [0.25, 0.3) is 10.8 Å². The highest BCUT2D eigenvalue weighted by Crippen LogP contribution is 2.37. The van der Waals surface area contributed by atoms with E-state index in [0.717, 1.165) is 21.9 Å². The first kappa shape index (κ1) is 31.9. The first-order valence-corrected chi connectivity index (χ1v) is 14.4. The molecule has 45 heavy (non-hydrogen) atoms. The number of halogens is 6. The van der Waals surface area contributed by atoms with Crippen molar-refractivity contribution in [3.8, 4) is 0 Å². The van der Waals surface area contributed by atoms with Crippen LogP contribution in [-0.4, -0.2) is 42.1 Å². The summed E-state index contributed by atoms with van der Waals surface area (Å²) in [5, 5.41) is 4.92. The predicted octanol–water partition coefficient (Wildman–Crippen LogP) is 8.06. The Balaban J connectivity index is 1.29. The van der Waals surface area contributed by atoms with Crippen molar-refractivity contribution >= 4 is 22.8 Å². The molecule has 5 nitrogen and oxygen atoms in total. The number of carbonyl (C=O) groups excluding carboxylic acids is 2. The van der Waals surface area contributed by atoms with Gasteiger partial charge in [0.25, 0.3) is 5.91 Å². The molecule has 0 spiro atoms. The molecule has 0 aromatic heterocycles. The second-order valence-corrected chi connectivity index (χ2v) is 11.0. The van der Waals surface area contributed by atoms with Gasteiger partial charge in [0.15, 0.2) is 0 Å². The summed E-state index contributed by atoms with van der Waals surface area (Å²) < 4.78 is 86.6. The monoisotopic (exact) mass is 628 g/mol. The SMILES string of the molecule is O=C(NCCc1cccc2ccccc12)O[C@H]1CCN(C(=O)c2cc(C(F)(F)F)cc(C(F)(F)F)c2)[C@H](Cc2ccccc2)C1. The summed E-state index contributed by atoms with van der Waals surface area (Å²) >= 11 is 0. The lowest BCUT2D eigenvalue weighted by Crippen LogP contribution is -2.50. The standard InChI is InChI=1S/C34H30F6N2O3/c35-33(36,37)26-18-25(19-27(20-26)34(38,39)40)31(43)42-16-14-29(21-28(42)17-22-7-2-1-3-8-22)45-32(44)41-15-13-24-11-6-10-23-9-4-5-12-30(23)24/h1-12,18-20,28-29H,13-17,21H2,(H,41,44)/t28-,29+/m1/s1. The van der Waals surface area contributed by atoms with E-state index in [1.807, 2.05) is 42.5 Å². The van der Waals surface area contributed by atoms with Crippen LogP contribution in [-0.2, 0) is 29.9 Å². The van der Waals surface area contributed by atoms with E-state index in [2.05, 4.69) is 5.32 Å². The van der Waals surface area contributed by atoms with Crippen molar-refractivity contribution in [2.75, 3.05) is 13.1 Å². The van der Waals surface area contributed by atoms with Crippen molar-refractivity contribution in [2.24, 2.45) is 0 Å². The van der Waals surface area contributed by atoms with Crippen molar-refractivity contribution in [2.45, 2.75) is 50.2 Å². The van der Waals surface area contributed by atoms with E-state index in [1.54, 1.807) is 30.3 Å². The topological polar surface area (TPSA) is 58.6 Å². The fourth-order valence-electron chi connectivity index (χ4n) is 5.72. The van der Waals surface area contributed by atoms with Crippen molar-refractivity contribution in [1.29, 1.82) is 0 Å². The summed E-state index contributed by atoms with van der Waals surface area (Å²) in [6.07, 6.45) is -10.3. The van der Waals surface area contributed by atoms with Gasteiger partial charge in [-0.15, -0.1) is 0 Å². The van der Waals surface area contributed by atoms with Gasteiger partial charge >= 0.3 is 18.4 Å². The molecule has 1 heterocycles. The summed E-state index contributed by atoms with van der Waals surface area (Å²) in [6.45, 7) is 0.288. The zero-order valence-corrected chi connectivity index (χ0v) is 24.0. The van der Waals surface area contributed by atoms with Gasteiger partial charge in [-0.25, -0.2) is 4.79 Å². The average molecular weight is 629 g/mol. The summed E-state index contributed by atoms with van der Waals surface area (Å²) in [6, 6.07) is 23.1. The highest BCUT2D eigenvalue weighted by Gasteiger charge is 2.39. The van der Waals surface area contributed by atoms with Gasteiger partial charge in [0.05, 0.1) is 11.1 Å². The summed E-state index contributed by atoms with van der Waals surface area (Å²) in [4.78, 5) is 27.5. The van der Waals surface area contributed by atoms with Crippen LogP contribution in [0.2, 0.25) is 0 Å². The van der Waals surface area contributed by atoms with Gasteiger partial charge in [-0.1, -0.05) is 72.8 Å². The molecule has 11 heteroatoms. The highest BCUT2D eigenvalue weighted by atomic mass is 19.4. The van der Waals surface area contributed by atoms with Gasteiger partial charge in [0.1, 0.15) is 6.10 Å². The minimum Gasteiger partial charge on any atom is -0.446 e. The molecule has 1 N–H and O–H groups in total. The molecule has 5 rings (SSSR count). The Labute approximate surface area is 255 Å². The Kier molecular flexibility index (Phi) is 9.36. The molecular weight excluding hydrogens is 598 g/mol. The van der Waals surface area contributed by atoms with Crippen LogP contribution in [0.15, 0.2) is 91.0 Å². The molecular formula is C34H30F6N2O3. The number of likely N-dealkylation sites (tertiary alicyclic amines) is 1. The van der Waals surface area contributed by atoms with Crippen LogP contribution in [0.5, 0.6) is 0 Å². The second kappa shape index (κ2) is 13.2. The van der Waals surface area contributed by atoms with Crippen LogP contribution >= 0.6 is 0 Å². The number of alkyl halides is 6. The third-order valence-electron chi connectivity index (χ3n) is 7.89. The van der Waals surface area contributed by atoms with Gasteiger partial charge < -0.3 is 15.0 Å². The number of nitrogens with one attached hydrogen (secondary N) is 1. The number of carbonyl (C=O) groups is 2. The molecule has 1 saturated heterocycles. The highest BCUT2D eigenvalue weighted by molar-refractivity contribution is 5.95. The average Bonchev–Trinajstić information content (AvgIpc) is 3.00. The number of hydrogen-bond donors (Lipinski definition) is 1. The Morgan fingerprint density at radius 2 is 1.47 bits per heavy atom. The molecule has 4 aromatic carbocycles. The Morgan fingerprint density at radius 3 is 2.16 bits per heavy atom. The fourth-order valence-corrected chi connectivity index (χ4v) is 5.72. The molecule has 0 aliphatic carbocycles. The van der Waals surface area contributed by atoms with Crippen molar-refractivity contribution in [1.82, 2.24) is 10.2 Å². The van der Waals surface area contributed by atoms with Crippen LogP contribution < -0.4 is 5.32 Å². The number of fused-ring (bicyclic) bond motifs is 1. The minimum atomic E-state index is -5.08. The van der Waals surface area contributed by atoms with E-state index in [1.165, 1.54) is 4.90 Å². The van der Waals surface area contributed by atoms with E-state index < -0.39 is 53.2 Å². The molecule has 2 atom stereocenters. The number of rotatable bonds is 7. The molecule has 2 amide bonds. The molecule has 1 aliphatic heterocycles. The van der Waals surface area contributed by atoms with Crippen molar-refractivity contribution in [3.05, 3.63) is 119 Å². The van der Waals surface area contributed by atoms with E-state index in [-0.39, 0.29) is 31.9 Å². The van der Waals surface area contributed by atoms with E-state index in [4.69, 9.17) is 4.74 Å². The number of amides is 2. The smallest absolute Gasteiger partial charge is 0.416 e.